The van der Waals surface area contributed by atoms with Crippen molar-refractivity contribution in [2.75, 3.05) is 11.1 Å². The third kappa shape index (κ3) is 13.6. The molecule has 0 bridgehead atoms. The summed E-state index contributed by atoms with van der Waals surface area (Å²) in [6.45, 7) is 3.52. The number of rotatable bonds is 3. The molecule has 2 atom stereocenters. The average molecular weight is 855 g/mol. The summed E-state index contributed by atoms with van der Waals surface area (Å²) < 4.78 is 2.77. The van der Waals surface area contributed by atoms with Gasteiger partial charge in [-0.2, -0.15) is 0 Å². The monoisotopic (exact) mass is 848 g/mol. The van der Waals surface area contributed by atoms with Crippen molar-refractivity contribution in [1.29, 1.82) is 0 Å². The highest BCUT2D eigenvalue weighted by molar-refractivity contribution is 9.20. The van der Waals surface area contributed by atoms with Gasteiger partial charge in [0.25, 0.3) is 0 Å². The summed E-state index contributed by atoms with van der Waals surface area (Å²) in [5.41, 5.74) is 6.77. The quantitative estimate of drug-likeness (QED) is 0.194. The number of nitrogens with one attached hydrogen (secondary N) is 1. The number of halogens is 7. The number of alkyl halides is 2. The summed E-state index contributed by atoms with van der Waals surface area (Å²) in [6, 6.07) is 7.11. The largest absolute Gasteiger partial charge is 0.397 e. The summed E-state index contributed by atoms with van der Waals surface area (Å²) in [5.74, 6) is -0.102. The third-order valence-corrected chi connectivity index (χ3v) is 6.85. The van der Waals surface area contributed by atoms with Crippen molar-refractivity contribution in [3.63, 3.8) is 0 Å². The number of nitrogens with two attached hydrogens (primary N) is 1. The smallest absolute Gasteiger partial charge is 0.237 e. The fourth-order valence-electron chi connectivity index (χ4n) is 1.16. The van der Waals surface area contributed by atoms with Gasteiger partial charge in [-0.25, -0.2) is 9.97 Å². The molecule has 0 aliphatic rings. The van der Waals surface area contributed by atoms with Gasteiger partial charge < -0.3 is 11.1 Å². The molecule has 0 radical (unpaired) electrons. The molecule has 2 aromatic heterocycles. The number of carbonyl (C=O) groups excluding carboxylic acids is 2. The Morgan fingerprint density at radius 3 is 1.69 bits per heavy atom. The molecular formula is C16H15Br7N4O2. The van der Waals surface area contributed by atoms with Crippen molar-refractivity contribution in [2.45, 2.75) is 23.5 Å². The molecule has 2 rings (SSSR count). The van der Waals surface area contributed by atoms with Crippen LogP contribution in [0.1, 0.15) is 13.8 Å². The highest BCUT2D eigenvalue weighted by Crippen LogP contribution is 2.23. The van der Waals surface area contributed by atoms with Crippen molar-refractivity contribution >= 4 is 133 Å². The molecule has 0 spiro atoms. The number of anilines is 2. The average Bonchev–Trinajstić information content (AvgIpc) is 2.61. The minimum absolute atomic E-state index is 0.0116. The fourth-order valence-corrected chi connectivity index (χ4v) is 3.12. The Bertz CT molecular complexity index is 835. The van der Waals surface area contributed by atoms with Gasteiger partial charge in [-0.3, -0.25) is 9.59 Å². The van der Waals surface area contributed by atoms with Crippen LogP contribution in [0.2, 0.25) is 0 Å². The number of carbonyl (C=O) groups is 2. The molecule has 0 fully saturated rings. The number of aromatic nitrogens is 2. The van der Waals surface area contributed by atoms with Crippen LogP contribution in [0.5, 0.6) is 0 Å². The Hall–Kier alpha value is 0.600. The molecular weight excluding hydrogens is 840 g/mol. The maximum Gasteiger partial charge on any atom is 0.237 e. The predicted octanol–water partition coefficient (Wildman–Crippen LogP) is 7.21. The van der Waals surface area contributed by atoms with Crippen molar-refractivity contribution in [1.82, 2.24) is 9.97 Å². The Morgan fingerprint density at radius 2 is 1.34 bits per heavy atom. The van der Waals surface area contributed by atoms with E-state index >= 15 is 0 Å². The van der Waals surface area contributed by atoms with Crippen LogP contribution in [0.25, 0.3) is 0 Å². The van der Waals surface area contributed by atoms with Crippen LogP contribution in [0.3, 0.4) is 0 Å². The first-order valence-corrected chi connectivity index (χ1v) is 13.3. The lowest BCUT2D eigenvalue weighted by Gasteiger charge is -2.07. The minimum Gasteiger partial charge on any atom is -0.397 e. The molecule has 13 heteroatoms. The Labute approximate surface area is 227 Å². The molecule has 29 heavy (non-hydrogen) atoms. The van der Waals surface area contributed by atoms with Crippen LogP contribution >= 0.6 is 112 Å². The van der Waals surface area contributed by atoms with E-state index in [1.165, 1.54) is 0 Å². The highest BCUT2D eigenvalue weighted by atomic mass is 79.9. The second-order valence-corrected chi connectivity index (χ2v) is 11.7. The van der Waals surface area contributed by atoms with E-state index in [-0.39, 0.29) is 20.3 Å². The number of hydrogen-bond donors (Lipinski definition) is 2. The molecule has 0 saturated heterocycles. The van der Waals surface area contributed by atoms with Gasteiger partial charge in [0.1, 0.15) is 18.4 Å². The van der Waals surface area contributed by atoms with E-state index in [1.807, 2.05) is 0 Å². The first-order chi connectivity index (χ1) is 13.3. The lowest BCUT2D eigenvalue weighted by Crippen LogP contribution is -2.20. The predicted molar refractivity (Wildman–Crippen MR) is 143 cm³/mol. The van der Waals surface area contributed by atoms with Gasteiger partial charge in [0.05, 0.1) is 21.0 Å². The molecule has 0 aliphatic carbocycles. The van der Waals surface area contributed by atoms with E-state index in [0.717, 1.165) is 4.60 Å². The van der Waals surface area contributed by atoms with Crippen molar-refractivity contribution in [3.05, 3.63) is 42.7 Å². The summed E-state index contributed by atoms with van der Waals surface area (Å²) in [6.07, 6.45) is 0. The molecule has 6 nitrogen and oxygen atoms in total. The molecule has 0 aromatic carbocycles. The topological polar surface area (TPSA) is 98.0 Å². The zero-order chi connectivity index (χ0) is 22.7. The van der Waals surface area contributed by atoms with Crippen LogP contribution < -0.4 is 11.1 Å². The first-order valence-electron chi connectivity index (χ1n) is 7.53. The lowest BCUT2D eigenvalue weighted by molar-refractivity contribution is -0.115. The van der Waals surface area contributed by atoms with Gasteiger partial charge in [-0.05, 0) is 118 Å². The normalized spacial score (nSPS) is 11.8. The van der Waals surface area contributed by atoms with E-state index < -0.39 is 0 Å². The summed E-state index contributed by atoms with van der Waals surface area (Å²) in [4.78, 5) is 29.1. The molecule has 0 saturated carbocycles. The standard InChI is InChI=1S/C8H7Br3N2O.C5H4Br2N2.C3H4Br2O/c1-4(9)8(14)12-5-2-3-6(10)13-7(5)11;6-4-2-1-3(8)5(7)9-4;1-2(4)3(5)6/h2-4H,1H3,(H,12,14);1-2H,8H2;2H,1H3. The zero-order valence-electron chi connectivity index (χ0n) is 14.9. The number of nitrogens with zero attached hydrogens (tertiary/aromatic N) is 2. The fraction of sp³-hybridized carbons (Fsp3) is 0.250. The third-order valence-electron chi connectivity index (χ3n) is 2.59. The SMILES string of the molecule is CC(Br)C(=O)Br.CC(Br)C(=O)Nc1ccc(Br)nc1Br.Nc1ccc(Br)nc1Br. The van der Waals surface area contributed by atoms with Crippen LogP contribution in [-0.2, 0) is 9.59 Å². The molecule has 160 valence electrons. The maximum absolute atomic E-state index is 11.3. The highest BCUT2D eigenvalue weighted by Gasteiger charge is 2.11. The maximum atomic E-state index is 11.3. The number of pyridine rings is 2. The zero-order valence-corrected chi connectivity index (χ0v) is 26.0. The van der Waals surface area contributed by atoms with Crippen LogP contribution in [0.15, 0.2) is 42.7 Å². The number of hydrogen-bond acceptors (Lipinski definition) is 5. The summed E-state index contributed by atoms with van der Waals surface area (Å²) in [7, 11) is 0. The minimum atomic E-state index is -0.224. The van der Waals surface area contributed by atoms with Crippen molar-refractivity contribution in [2.24, 2.45) is 0 Å². The van der Waals surface area contributed by atoms with Crippen LogP contribution in [0.4, 0.5) is 11.4 Å². The van der Waals surface area contributed by atoms with Crippen LogP contribution in [-0.4, -0.2) is 30.2 Å². The van der Waals surface area contributed by atoms with E-state index in [2.05, 4.69) is 127 Å². The van der Waals surface area contributed by atoms with Gasteiger partial charge in [0.2, 0.25) is 10.6 Å². The second kappa shape index (κ2) is 15.4. The van der Waals surface area contributed by atoms with Gasteiger partial charge in [0, 0.05) is 0 Å². The van der Waals surface area contributed by atoms with E-state index in [0.29, 0.717) is 25.2 Å². The van der Waals surface area contributed by atoms with Crippen molar-refractivity contribution < 1.29 is 9.59 Å². The van der Waals surface area contributed by atoms with Gasteiger partial charge in [-0.15, -0.1) is 0 Å². The molecule has 0 aliphatic heterocycles. The number of nitrogen functional groups attached to an aromatic ring is 1. The lowest BCUT2D eigenvalue weighted by atomic mass is 10.4. The summed E-state index contributed by atoms with van der Waals surface area (Å²) in [5, 5.41) is 2.72. The molecule has 3 N–H and O–H groups in total. The summed E-state index contributed by atoms with van der Waals surface area (Å²) >= 11 is 21.8. The second-order valence-electron chi connectivity index (χ2n) is 5.01. The van der Waals surface area contributed by atoms with E-state index in [4.69, 9.17) is 5.73 Å². The Balaban J connectivity index is 0.000000448. The Morgan fingerprint density at radius 1 is 0.897 bits per heavy atom. The molecule has 2 aromatic rings. The molecule has 2 heterocycles. The van der Waals surface area contributed by atoms with Gasteiger partial charge in [0.15, 0.2) is 0 Å². The molecule has 2 unspecified atom stereocenters. The number of amides is 1. The van der Waals surface area contributed by atoms with Gasteiger partial charge in [-0.1, -0.05) is 31.9 Å². The van der Waals surface area contributed by atoms with Crippen molar-refractivity contribution in [3.8, 4) is 0 Å². The Kier molecular flexibility index (Phi) is 15.7. The van der Waals surface area contributed by atoms with E-state index in [1.54, 1.807) is 38.1 Å². The van der Waals surface area contributed by atoms with Gasteiger partial charge >= 0.3 is 0 Å². The first kappa shape index (κ1) is 29.6. The van der Waals surface area contributed by atoms with Crippen LogP contribution in [0, 0.1) is 0 Å². The molecule has 1 amide bonds. The van der Waals surface area contributed by atoms with E-state index in [9.17, 15) is 9.59 Å².